The largest absolute Gasteiger partial charge is 0.335 e. The number of carbonyl (C=O) groups is 2. The van der Waals surface area contributed by atoms with E-state index in [2.05, 4.69) is 34.0 Å². The van der Waals surface area contributed by atoms with Crippen LogP contribution in [0.15, 0.2) is 42.9 Å². The number of carbonyl (C=O) groups excluding carboxylic acids is 2. The van der Waals surface area contributed by atoms with Gasteiger partial charge in [0.15, 0.2) is 0 Å². The van der Waals surface area contributed by atoms with Crippen LogP contribution in [0.25, 0.3) is 0 Å². The normalized spacial score (nSPS) is 16.1. The highest BCUT2D eigenvalue weighted by atomic mass is 16.2. The minimum absolute atomic E-state index is 0.0261. The van der Waals surface area contributed by atoms with Crippen LogP contribution in [0.2, 0.25) is 0 Å². The molecule has 1 aromatic heterocycles. The molecule has 0 radical (unpaired) electrons. The van der Waals surface area contributed by atoms with Crippen molar-refractivity contribution in [3.05, 3.63) is 54.1 Å². The quantitative estimate of drug-likeness (QED) is 0.860. The third-order valence-corrected chi connectivity index (χ3v) is 5.15. The van der Waals surface area contributed by atoms with Gasteiger partial charge in [-0.05, 0) is 24.5 Å². The van der Waals surface area contributed by atoms with Gasteiger partial charge in [-0.1, -0.05) is 32.0 Å². The lowest BCUT2D eigenvalue weighted by Crippen LogP contribution is -2.54. The number of para-hydroxylation sites is 1. The van der Waals surface area contributed by atoms with Gasteiger partial charge in [0.2, 0.25) is 5.91 Å². The lowest BCUT2D eigenvalue weighted by Gasteiger charge is -2.37. The summed E-state index contributed by atoms with van der Waals surface area (Å²) in [7, 11) is 0. The third kappa shape index (κ3) is 4.54. The molecule has 1 fully saturated rings. The average Bonchev–Trinajstić information content (AvgIpc) is 2.73. The second-order valence-electron chi connectivity index (χ2n) is 7.33. The Hall–Kier alpha value is -2.80. The van der Waals surface area contributed by atoms with Gasteiger partial charge in [-0.15, -0.1) is 0 Å². The summed E-state index contributed by atoms with van der Waals surface area (Å²) in [5.41, 5.74) is 2.35. The van der Waals surface area contributed by atoms with Gasteiger partial charge < -0.3 is 10.2 Å². The van der Waals surface area contributed by atoms with Crippen molar-refractivity contribution in [3.63, 3.8) is 0 Å². The fraction of sp³-hybridized carbons (Fsp3) is 0.429. The fourth-order valence-electron chi connectivity index (χ4n) is 3.40. The lowest BCUT2D eigenvalue weighted by atomic mass is 10.0. The predicted octanol–water partition coefficient (Wildman–Crippen LogP) is 2.38. The number of nitrogens with zero attached hydrogens (tertiary/aromatic N) is 4. The zero-order chi connectivity index (χ0) is 20.1. The molecule has 0 spiro atoms. The molecule has 1 aliphatic heterocycles. The van der Waals surface area contributed by atoms with Crippen molar-refractivity contribution in [1.29, 1.82) is 0 Å². The average molecular weight is 381 g/mol. The molecule has 7 nitrogen and oxygen atoms in total. The number of rotatable bonds is 5. The molecule has 148 valence electrons. The summed E-state index contributed by atoms with van der Waals surface area (Å²) in [6, 6.07) is 7.64. The molecule has 3 rings (SSSR count). The van der Waals surface area contributed by atoms with Crippen molar-refractivity contribution in [2.24, 2.45) is 0 Å². The molecule has 1 aromatic carbocycles. The molecule has 0 saturated carbocycles. The molecule has 0 bridgehead atoms. The summed E-state index contributed by atoms with van der Waals surface area (Å²) in [6.45, 7) is 8.56. The summed E-state index contributed by atoms with van der Waals surface area (Å²) in [5, 5.41) is 3.07. The van der Waals surface area contributed by atoms with Crippen LogP contribution >= 0.6 is 0 Å². The Morgan fingerprint density at radius 2 is 1.75 bits per heavy atom. The Morgan fingerprint density at radius 3 is 2.39 bits per heavy atom. The van der Waals surface area contributed by atoms with Crippen LogP contribution in [-0.2, 0) is 4.79 Å². The van der Waals surface area contributed by atoms with Gasteiger partial charge >= 0.3 is 0 Å². The molecule has 1 unspecified atom stereocenters. The molecular weight excluding hydrogens is 354 g/mol. The Labute approximate surface area is 165 Å². The monoisotopic (exact) mass is 381 g/mol. The first-order valence-electron chi connectivity index (χ1n) is 9.66. The molecule has 2 heterocycles. The Morgan fingerprint density at radius 1 is 1.04 bits per heavy atom. The van der Waals surface area contributed by atoms with E-state index in [0.717, 1.165) is 11.3 Å². The highest BCUT2D eigenvalue weighted by Crippen LogP contribution is 2.24. The molecule has 1 aliphatic rings. The van der Waals surface area contributed by atoms with E-state index in [1.165, 1.54) is 12.4 Å². The maximum atomic E-state index is 12.8. The topological polar surface area (TPSA) is 78.4 Å². The summed E-state index contributed by atoms with van der Waals surface area (Å²) < 4.78 is 0. The number of nitrogens with one attached hydrogen (secondary N) is 1. The van der Waals surface area contributed by atoms with E-state index in [1.807, 2.05) is 31.2 Å². The van der Waals surface area contributed by atoms with Crippen molar-refractivity contribution in [1.82, 2.24) is 19.8 Å². The van der Waals surface area contributed by atoms with Crippen LogP contribution < -0.4 is 5.32 Å². The highest BCUT2D eigenvalue weighted by Gasteiger charge is 2.28. The molecule has 2 aromatic rings. The van der Waals surface area contributed by atoms with Gasteiger partial charge in [0.1, 0.15) is 5.69 Å². The number of hydrogen-bond donors (Lipinski definition) is 1. The van der Waals surface area contributed by atoms with Gasteiger partial charge in [-0.25, -0.2) is 4.98 Å². The highest BCUT2D eigenvalue weighted by molar-refractivity contribution is 5.95. The number of hydrogen-bond acceptors (Lipinski definition) is 5. The maximum absolute atomic E-state index is 12.8. The van der Waals surface area contributed by atoms with Crippen LogP contribution in [0.4, 0.5) is 5.69 Å². The van der Waals surface area contributed by atoms with Crippen LogP contribution in [0, 0.1) is 0 Å². The molecule has 1 atom stereocenters. The second-order valence-corrected chi connectivity index (χ2v) is 7.33. The molecule has 1 saturated heterocycles. The maximum Gasteiger partial charge on any atom is 0.274 e. The SMILES string of the molecule is CC(C)c1ccccc1NC(=O)C(C)N1CCN(C(=O)c2cnccn2)CC1. The predicted molar refractivity (Wildman–Crippen MR) is 108 cm³/mol. The van der Waals surface area contributed by atoms with Crippen LogP contribution in [-0.4, -0.2) is 63.8 Å². The van der Waals surface area contributed by atoms with Crippen LogP contribution in [0.5, 0.6) is 0 Å². The zero-order valence-corrected chi connectivity index (χ0v) is 16.6. The molecular formula is C21H27N5O2. The van der Waals surface area contributed by atoms with Crippen LogP contribution in [0.1, 0.15) is 42.7 Å². The van der Waals surface area contributed by atoms with E-state index < -0.39 is 0 Å². The molecule has 0 aliphatic carbocycles. The van der Waals surface area contributed by atoms with Gasteiger partial charge in [0.05, 0.1) is 12.2 Å². The summed E-state index contributed by atoms with van der Waals surface area (Å²) >= 11 is 0. The second kappa shape index (κ2) is 8.93. The van der Waals surface area contributed by atoms with E-state index in [0.29, 0.717) is 37.8 Å². The van der Waals surface area contributed by atoms with Crippen molar-refractivity contribution in [2.75, 3.05) is 31.5 Å². The molecule has 28 heavy (non-hydrogen) atoms. The van der Waals surface area contributed by atoms with Gasteiger partial charge in [0, 0.05) is 44.3 Å². The Bertz CT molecular complexity index is 817. The minimum atomic E-state index is -0.269. The van der Waals surface area contributed by atoms with E-state index in [4.69, 9.17) is 0 Å². The Kier molecular flexibility index (Phi) is 6.36. The summed E-state index contributed by atoms with van der Waals surface area (Å²) in [6.07, 6.45) is 4.55. The summed E-state index contributed by atoms with van der Waals surface area (Å²) in [5.74, 6) is 0.194. The zero-order valence-electron chi connectivity index (χ0n) is 16.6. The number of piperazine rings is 1. The van der Waals surface area contributed by atoms with Crippen molar-refractivity contribution < 1.29 is 9.59 Å². The minimum Gasteiger partial charge on any atom is -0.335 e. The van der Waals surface area contributed by atoms with E-state index in [1.54, 1.807) is 11.1 Å². The lowest BCUT2D eigenvalue weighted by molar-refractivity contribution is -0.121. The first kappa shape index (κ1) is 19.9. The van der Waals surface area contributed by atoms with Gasteiger partial charge in [0.25, 0.3) is 5.91 Å². The van der Waals surface area contributed by atoms with Crippen molar-refractivity contribution in [2.45, 2.75) is 32.7 Å². The number of amides is 2. The van der Waals surface area contributed by atoms with Gasteiger partial charge in [-0.3, -0.25) is 19.5 Å². The van der Waals surface area contributed by atoms with E-state index in [-0.39, 0.29) is 17.9 Å². The molecule has 1 N–H and O–H groups in total. The number of anilines is 1. The standard InChI is InChI=1S/C21H27N5O2/c1-15(2)17-6-4-5-7-18(17)24-20(27)16(3)25-10-12-26(13-11-25)21(28)19-14-22-8-9-23-19/h4-9,14-16H,10-13H2,1-3H3,(H,24,27). The van der Waals surface area contributed by atoms with Crippen molar-refractivity contribution in [3.8, 4) is 0 Å². The van der Waals surface area contributed by atoms with Crippen LogP contribution in [0.3, 0.4) is 0 Å². The van der Waals surface area contributed by atoms with Gasteiger partial charge in [-0.2, -0.15) is 0 Å². The summed E-state index contributed by atoms with van der Waals surface area (Å²) in [4.78, 5) is 37.1. The van der Waals surface area contributed by atoms with E-state index >= 15 is 0 Å². The third-order valence-electron chi connectivity index (χ3n) is 5.15. The molecule has 2 amide bonds. The number of benzene rings is 1. The fourth-order valence-corrected chi connectivity index (χ4v) is 3.40. The molecule has 7 heteroatoms. The number of aromatic nitrogens is 2. The first-order chi connectivity index (χ1) is 13.5. The van der Waals surface area contributed by atoms with Crippen molar-refractivity contribution >= 4 is 17.5 Å². The van der Waals surface area contributed by atoms with E-state index in [9.17, 15) is 9.59 Å². The Balaban J connectivity index is 1.57. The first-order valence-corrected chi connectivity index (χ1v) is 9.66. The smallest absolute Gasteiger partial charge is 0.274 e.